The van der Waals surface area contributed by atoms with Crippen LogP contribution in [0.2, 0.25) is 0 Å². The van der Waals surface area contributed by atoms with Gasteiger partial charge in [0.15, 0.2) is 0 Å². The topological polar surface area (TPSA) is 108 Å². The molecule has 2 aromatic rings. The van der Waals surface area contributed by atoms with Gasteiger partial charge in [-0.05, 0) is 30.5 Å². The molecule has 1 aliphatic carbocycles. The van der Waals surface area contributed by atoms with Crippen LogP contribution in [0.15, 0.2) is 64.8 Å². The number of hydrogen-bond acceptors (Lipinski definition) is 7. The minimum atomic E-state index is -0.899. The summed E-state index contributed by atoms with van der Waals surface area (Å²) in [5.41, 5.74) is 3.71. The van der Waals surface area contributed by atoms with E-state index in [2.05, 4.69) is 4.99 Å². The zero-order chi connectivity index (χ0) is 23.7. The molecule has 2 aromatic carbocycles. The highest BCUT2D eigenvalue weighted by molar-refractivity contribution is 6.07. The first-order valence-electron chi connectivity index (χ1n) is 10.7. The van der Waals surface area contributed by atoms with Crippen molar-refractivity contribution in [3.05, 3.63) is 86.6 Å². The third-order valence-electron chi connectivity index (χ3n) is 6.23. The minimum absolute atomic E-state index is 0.132. The molecule has 2 atom stereocenters. The number of esters is 2. The van der Waals surface area contributed by atoms with Crippen molar-refractivity contribution in [1.82, 2.24) is 0 Å². The van der Waals surface area contributed by atoms with Crippen LogP contribution in [0, 0.1) is 16.0 Å². The van der Waals surface area contributed by atoms with E-state index in [-0.39, 0.29) is 17.4 Å². The molecule has 8 heteroatoms. The standard InChI is InChI=1S/C25H24N2O6/c1-14-21(24(28)32-3)23(18-9-6-10-19(11-18)27(30)31)22(15(2)26-14)25(29)33-20-12-16-7-4-5-8-17(16)13-20/h4-11,20-21,23H,12-13H2,1-3H3. The Balaban J connectivity index is 1.72. The Morgan fingerprint density at radius 1 is 1.06 bits per heavy atom. The molecular weight excluding hydrogens is 424 g/mol. The highest BCUT2D eigenvalue weighted by Gasteiger charge is 2.43. The van der Waals surface area contributed by atoms with Crippen molar-refractivity contribution in [2.45, 2.75) is 38.7 Å². The van der Waals surface area contributed by atoms with Crippen LogP contribution in [-0.2, 0) is 31.9 Å². The summed E-state index contributed by atoms with van der Waals surface area (Å²) in [7, 11) is 1.26. The largest absolute Gasteiger partial charge is 0.468 e. The third-order valence-corrected chi connectivity index (χ3v) is 6.23. The smallest absolute Gasteiger partial charge is 0.336 e. The molecule has 0 saturated heterocycles. The number of fused-ring (bicyclic) bond motifs is 1. The van der Waals surface area contributed by atoms with Crippen LogP contribution >= 0.6 is 0 Å². The maximum Gasteiger partial charge on any atom is 0.336 e. The van der Waals surface area contributed by atoms with Crippen molar-refractivity contribution >= 4 is 23.3 Å². The first kappa shape index (κ1) is 22.4. The highest BCUT2D eigenvalue weighted by Crippen LogP contribution is 2.41. The second-order valence-corrected chi connectivity index (χ2v) is 8.29. The van der Waals surface area contributed by atoms with E-state index in [9.17, 15) is 19.7 Å². The van der Waals surface area contributed by atoms with Gasteiger partial charge in [0.2, 0.25) is 0 Å². The monoisotopic (exact) mass is 448 g/mol. The first-order valence-corrected chi connectivity index (χ1v) is 10.7. The molecule has 0 bridgehead atoms. The van der Waals surface area contributed by atoms with Gasteiger partial charge in [0.25, 0.3) is 5.69 Å². The van der Waals surface area contributed by atoms with Gasteiger partial charge in [-0.25, -0.2) is 4.79 Å². The summed E-state index contributed by atoms with van der Waals surface area (Å²) in [4.78, 5) is 41.5. The molecule has 0 N–H and O–H groups in total. The number of non-ortho nitro benzene ring substituents is 1. The molecular formula is C25H24N2O6. The van der Waals surface area contributed by atoms with E-state index in [1.165, 1.54) is 25.3 Å². The number of aliphatic imine (C=N–C) groups is 1. The van der Waals surface area contributed by atoms with Gasteiger partial charge in [-0.1, -0.05) is 36.4 Å². The molecule has 1 aliphatic heterocycles. The van der Waals surface area contributed by atoms with Crippen LogP contribution in [0.25, 0.3) is 0 Å². The van der Waals surface area contributed by atoms with Gasteiger partial charge in [-0.15, -0.1) is 0 Å². The molecule has 170 valence electrons. The molecule has 33 heavy (non-hydrogen) atoms. The van der Waals surface area contributed by atoms with Crippen molar-refractivity contribution in [3.8, 4) is 0 Å². The average Bonchev–Trinajstić information content (AvgIpc) is 3.20. The normalized spacial score (nSPS) is 20.2. The van der Waals surface area contributed by atoms with Gasteiger partial charge in [-0.3, -0.25) is 19.9 Å². The zero-order valence-electron chi connectivity index (χ0n) is 18.6. The molecule has 0 fully saturated rings. The lowest BCUT2D eigenvalue weighted by Crippen LogP contribution is -2.37. The van der Waals surface area contributed by atoms with Gasteiger partial charge in [0, 0.05) is 42.3 Å². The fourth-order valence-electron chi connectivity index (χ4n) is 4.74. The number of hydrogen-bond donors (Lipinski definition) is 0. The van der Waals surface area contributed by atoms with Crippen LogP contribution in [-0.4, -0.2) is 35.8 Å². The first-order chi connectivity index (χ1) is 15.8. The van der Waals surface area contributed by atoms with Gasteiger partial charge in [0.05, 0.1) is 17.6 Å². The van der Waals surface area contributed by atoms with Crippen molar-refractivity contribution in [3.63, 3.8) is 0 Å². The predicted molar refractivity (Wildman–Crippen MR) is 121 cm³/mol. The summed E-state index contributed by atoms with van der Waals surface area (Å²) in [5.74, 6) is -2.86. The Morgan fingerprint density at radius 2 is 1.73 bits per heavy atom. The molecule has 8 nitrogen and oxygen atoms in total. The lowest BCUT2D eigenvalue weighted by Gasteiger charge is -2.31. The third kappa shape index (κ3) is 4.28. The fourth-order valence-corrected chi connectivity index (χ4v) is 4.74. The van der Waals surface area contributed by atoms with E-state index in [1.54, 1.807) is 19.9 Å². The fraction of sp³-hybridized carbons (Fsp3) is 0.320. The molecule has 0 spiro atoms. The van der Waals surface area contributed by atoms with Crippen molar-refractivity contribution < 1.29 is 24.0 Å². The number of carbonyl (C=O) groups is 2. The van der Waals surface area contributed by atoms with E-state index in [0.29, 0.717) is 29.8 Å². The van der Waals surface area contributed by atoms with Crippen molar-refractivity contribution in [2.24, 2.45) is 10.9 Å². The molecule has 0 radical (unpaired) electrons. The van der Waals surface area contributed by atoms with Gasteiger partial charge < -0.3 is 9.47 Å². The zero-order valence-corrected chi connectivity index (χ0v) is 18.6. The summed E-state index contributed by atoms with van der Waals surface area (Å²) in [6, 6.07) is 13.9. The summed E-state index contributed by atoms with van der Waals surface area (Å²) in [6.45, 7) is 3.37. The maximum atomic E-state index is 13.4. The molecule has 2 aliphatic rings. The number of methoxy groups -OCH3 is 1. The van der Waals surface area contributed by atoms with Crippen LogP contribution in [0.5, 0.6) is 0 Å². The van der Waals surface area contributed by atoms with Crippen LogP contribution < -0.4 is 0 Å². The molecule has 1 heterocycles. The number of benzene rings is 2. The minimum Gasteiger partial charge on any atom is -0.468 e. The summed E-state index contributed by atoms with van der Waals surface area (Å²) in [5, 5.41) is 11.4. The molecule has 0 saturated carbocycles. The molecule has 0 aromatic heterocycles. The Bertz CT molecular complexity index is 1170. The highest BCUT2D eigenvalue weighted by atomic mass is 16.6. The maximum absolute atomic E-state index is 13.4. The molecule has 2 unspecified atom stereocenters. The Labute approximate surface area is 191 Å². The van der Waals surface area contributed by atoms with E-state index in [4.69, 9.17) is 9.47 Å². The van der Waals surface area contributed by atoms with Crippen LogP contribution in [0.1, 0.15) is 36.5 Å². The van der Waals surface area contributed by atoms with E-state index >= 15 is 0 Å². The summed E-state index contributed by atoms with van der Waals surface area (Å²) in [6.07, 6.45) is 0.890. The van der Waals surface area contributed by atoms with Crippen molar-refractivity contribution in [2.75, 3.05) is 7.11 Å². The number of carbonyl (C=O) groups excluding carboxylic acids is 2. The quantitative estimate of drug-likeness (QED) is 0.390. The van der Waals surface area contributed by atoms with E-state index < -0.39 is 28.7 Å². The number of ether oxygens (including phenoxy) is 2. The summed E-state index contributed by atoms with van der Waals surface area (Å²) < 4.78 is 10.9. The van der Waals surface area contributed by atoms with Crippen molar-refractivity contribution in [1.29, 1.82) is 0 Å². The predicted octanol–water partition coefficient (Wildman–Crippen LogP) is 3.93. The number of rotatable bonds is 5. The number of nitrogens with zero attached hydrogens (tertiary/aromatic N) is 2. The average molecular weight is 448 g/mol. The SMILES string of the molecule is COC(=O)C1C(C)=NC(C)=C(C(=O)OC2Cc3ccccc3C2)C1c1cccc([N+](=O)[O-])c1. The lowest BCUT2D eigenvalue weighted by atomic mass is 9.75. The Hall–Kier alpha value is -3.81. The number of allylic oxidation sites excluding steroid dienone is 1. The second-order valence-electron chi connectivity index (χ2n) is 8.29. The Kier molecular flexibility index (Phi) is 6.09. The number of nitro benzene ring substituents is 1. The molecule has 4 rings (SSSR count). The molecule has 0 amide bonds. The lowest BCUT2D eigenvalue weighted by molar-refractivity contribution is -0.384. The number of nitro groups is 1. The Morgan fingerprint density at radius 3 is 2.33 bits per heavy atom. The van der Waals surface area contributed by atoms with Gasteiger partial charge in [0.1, 0.15) is 12.0 Å². The summed E-state index contributed by atoms with van der Waals surface area (Å²) >= 11 is 0. The van der Waals surface area contributed by atoms with Crippen LogP contribution in [0.3, 0.4) is 0 Å². The van der Waals surface area contributed by atoms with Crippen LogP contribution in [0.4, 0.5) is 5.69 Å². The van der Waals surface area contributed by atoms with Gasteiger partial charge >= 0.3 is 11.9 Å². The van der Waals surface area contributed by atoms with Gasteiger partial charge in [-0.2, -0.15) is 0 Å². The van der Waals surface area contributed by atoms with E-state index in [1.807, 2.05) is 24.3 Å². The second kappa shape index (κ2) is 8.97. The van der Waals surface area contributed by atoms with E-state index in [0.717, 1.165) is 11.1 Å².